The SMILES string of the molecule is CCOC(=O)C1(c2nc(-c3ccncc3)no2)CCCC1. The summed E-state index contributed by atoms with van der Waals surface area (Å²) in [6.07, 6.45) is 6.66. The highest BCUT2D eigenvalue weighted by Crippen LogP contribution is 2.41. The molecular weight excluding hydrogens is 270 g/mol. The van der Waals surface area contributed by atoms with Gasteiger partial charge in [-0.2, -0.15) is 4.98 Å². The van der Waals surface area contributed by atoms with Crippen LogP contribution in [-0.2, 0) is 14.9 Å². The first kappa shape index (κ1) is 13.7. The number of carbonyl (C=O) groups excluding carboxylic acids is 1. The summed E-state index contributed by atoms with van der Waals surface area (Å²) in [6, 6.07) is 3.61. The smallest absolute Gasteiger partial charge is 0.321 e. The first-order chi connectivity index (χ1) is 10.3. The first-order valence-electron chi connectivity index (χ1n) is 7.18. The van der Waals surface area contributed by atoms with Crippen LogP contribution in [0, 0.1) is 0 Å². The van der Waals surface area contributed by atoms with Gasteiger partial charge in [-0.3, -0.25) is 9.78 Å². The van der Waals surface area contributed by atoms with E-state index in [2.05, 4.69) is 15.1 Å². The van der Waals surface area contributed by atoms with Crippen molar-refractivity contribution in [2.24, 2.45) is 0 Å². The van der Waals surface area contributed by atoms with E-state index in [0.29, 0.717) is 31.2 Å². The van der Waals surface area contributed by atoms with E-state index in [1.807, 2.05) is 0 Å². The summed E-state index contributed by atoms with van der Waals surface area (Å²) >= 11 is 0. The van der Waals surface area contributed by atoms with Gasteiger partial charge in [0.25, 0.3) is 0 Å². The molecule has 0 N–H and O–H groups in total. The predicted molar refractivity (Wildman–Crippen MR) is 74.3 cm³/mol. The first-order valence-corrected chi connectivity index (χ1v) is 7.18. The Hall–Kier alpha value is -2.24. The van der Waals surface area contributed by atoms with E-state index in [1.165, 1.54) is 0 Å². The van der Waals surface area contributed by atoms with Gasteiger partial charge in [0.2, 0.25) is 11.7 Å². The number of aromatic nitrogens is 3. The lowest BCUT2D eigenvalue weighted by Gasteiger charge is -2.21. The highest BCUT2D eigenvalue weighted by molar-refractivity contribution is 5.82. The lowest BCUT2D eigenvalue weighted by atomic mass is 9.86. The van der Waals surface area contributed by atoms with E-state index in [1.54, 1.807) is 31.5 Å². The van der Waals surface area contributed by atoms with Crippen molar-refractivity contribution in [1.82, 2.24) is 15.1 Å². The molecule has 6 nitrogen and oxygen atoms in total. The summed E-state index contributed by atoms with van der Waals surface area (Å²) in [7, 11) is 0. The minimum Gasteiger partial charge on any atom is -0.465 e. The maximum atomic E-state index is 12.4. The molecule has 0 unspecified atom stereocenters. The summed E-state index contributed by atoms with van der Waals surface area (Å²) in [6.45, 7) is 2.16. The van der Waals surface area contributed by atoms with Gasteiger partial charge in [0.15, 0.2) is 0 Å². The van der Waals surface area contributed by atoms with Crippen LogP contribution in [0.5, 0.6) is 0 Å². The molecule has 0 saturated heterocycles. The van der Waals surface area contributed by atoms with Crippen molar-refractivity contribution in [2.45, 2.75) is 38.0 Å². The number of ether oxygens (including phenoxy) is 1. The second-order valence-corrected chi connectivity index (χ2v) is 5.17. The van der Waals surface area contributed by atoms with E-state index in [-0.39, 0.29) is 5.97 Å². The third-order valence-electron chi connectivity index (χ3n) is 3.90. The molecule has 2 aromatic rings. The van der Waals surface area contributed by atoms with Gasteiger partial charge in [0.1, 0.15) is 5.41 Å². The van der Waals surface area contributed by atoms with Crippen molar-refractivity contribution >= 4 is 5.97 Å². The molecule has 0 spiro atoms. The molecule has 0 amide bonds. The van der Waals surface area contributed by atoms with Gasteiger partial charge in [0, 0.05) is 18.0 Å². The van der Waals surface area contributed by atoms with Crippen LogP contribution >= 0.6 is 0 Å². The summed E-state index contributed by atoms with van der Waals surface area (Å²) in [4.78, 5) is 20.7. The van der Waals surface area contributed by atoms with E-state index < -0.39 is 5.41 Å². The number of rotatable bonds is 4. The van der Waals surface area contributed by atoms with Crippen LogP contribution in [0.4, 0.5) is 0 Å². The molecule has 2 heterocycles. The van der Waals surface area contributed by atoms with E-state index in [9.17, 15) is 4.79 Å². The van der Waals surface area contributed by atoms with Gasteiger partial charge in [-0.25, -0.2) is 0 Å². The number of carbonyl (C=O) groups is 1. The number of hydrogen-bond donors (Lipinski definition) is 0. The number of nitrogens with zero attached hydrogens (tertiary/aromatic N) is 3. The fourth-order valence-electron chi connectivity index (χ4n) is 2.79. The molecule has 1 saturated carbocycles. The summed E-state index contributed by atoms with van der Waals surface area (Å²) in [5.74, 6) is 0.584. The molecule has 0 radical (unpaired) electrons. The zero-order chi connectivity index (χ0) is 14.7. The number of esters is 1. The van der Waals surface area contributed by atoms with Gasteiger partial charge in [0.05, 0.1) is 6.61 Å². The van der Waals surface area contributed by atoms with E-state index in [0.717, 1.165) is 18.4 Å². The molecule has 0 bridgehead atoms. The van der Waals surface area contributed by atoms with Crippen LogP contribution in [0.2, 0.25) is 0 Å². The maximum absolute atomic E-state index is 12.4. The second kappa shape index (κ2) is 5.63. The van der Waals surface area contributed by atoms with Gasteiger partial charge in [-0.05, 0) is 31.9 Å². The largest absolute Gasteiger partial charge is 0.465 e. The molecular formula is C15H17N3O3. The summed E-state index contributed by atoms with van der Waals surface area (Å²) in [5, 5.41) is 4.00. The van der Waals surface area contributed by atoms with Gasteiger partial charge >= 0.3 is 5.97 Å². The highest BCUT2D eigenvalue weighted by Gasteiger charge is 2.49. The van der Waals surface area contributed by atoms with Crippen LogP contribution in [0.1, 0.15) is 38.5 Å². The molecule has 0 atom stereocenters. The molecule has 1 aliphatic carbocycles. The van der Waals surface area contributed by atoms with Crippen LogP contribution < -0.4 is 0 Å². The van der Waals surface area contributed by atoms with Crippen LogP contribution in [0.3, 0.4) is 0 Å². The normalized spacial score (nSPS) is 16.8. The number of pyridine rings is 1. The molecule has 2 aromatic heterocycles. The molecule has 1 aliphatic rings. The van der Waals surface area contributed by atoms with Crippen molar-refractivity contribution in [3.05, 3.63) is 30.4 Å². The highest BCUT2D eigenvalue weighted by atomic mass is 16.5. The van der Waals surface area contributed by atoms with Crippen molar-refractivity contribution in [1.29, 1.82) is 0 Å². The fourth-order valence-corrected chi connectivity index (χ4v) is 2.79. The Kier molecular flexibility index (Phi) is 3.68. The lowest BCUT2D eigenvalue weighted by molar-refractivity contribution is -0.151. The predicted octanol–water partition coefficient (Wildman–Crippen LogP) is 2.51. The monoisotopic (exact) mass is 287 g/mol. The Morgan fingerprint density at radius 2 is 2.05 bits per heavy atom. The second-order valence-electron chi connectivity index (χ2n) is 5.17. The topological polar surface area (TPSA) is 78.1 Å². The van der Waals surface area contributed by atoms with Gasteiger partial charge in [-0.1, -0.05) is 18.0 Å². The Labute approximate surface area is 122 Å². The zero-order valence-corrected chi connectivity index (χ0v) is 11.9. The van der Waals surface area contributed by atoms with Crippen molar-refractivity contribution in [3.63, 3.8) is 0 Å². The quantitative estimate of drug-likeness (QED) is 0.804. The maximum Gasteiger partial charge on any atom is 0.321 e. The van der Waals surface area contributed by atoms with Crippen molar-refractivity contribution in [3.8, 4) is 11.4 Å². The lowest BCUT2D eigenvalue weighted by Crippen LogP contribution is -2.35. The van der Waals surface area contributed by atoms with Crippen molar-refractivity contribution < 1.29 is 14.1 Å². The summed E-state index contributed by atoms with van der Waals surface area (Å²) < 4.78 is 10.6. The van der Waals surface area contributed by atoms with Crippen LogP contribution in [0.15, 0.2) is 29.0 Å². The van der Waals surface area contributed by atoms with Gasteiger partial charge < -0.3 is 9.26 Å². The molecule has 0 aliphatic heterocycles. The molecule has 1 fully saturated rings. The Morgan fingerprint density at radius 1 is 1.33 bits per heavy atom. The van der Waals surface area contributed by atoms with E-state index in [4.69, 9.17) is 9.26 Å². The van der Waals surface area contributed by atoms with Crippen molar-refractivity contribution in [2.75, 3.05) is 6.61 Å². The fraction of sp³-hybridized carbons (Fsp3) is 0.467. The summed E-state index contributed by atoms with van der Waals surface area (Å²) in [5.41, 5.74) is 0.0471. The van der Waals surface area contributed by atoms with Crippen LogP contribution in [-0.4, -0.2) is 27.7 Å². The third kappa shape index (κ3) is 2.41. The van der Waals surface area contributed by atoms with Gasteiger partial charge in [-0.15, -0.1) is 0 Å². The Morgan fingerprint density at radius 3 is 2.71 bits per heavy atom. The molecule has 110 valence electrons. The Balaban J connectivity index is 1.95. The van der Waals surface area contributed by atoms with E-state index >= 15 is 0 Å². The average molecular weight is 287 g/mol. The standard InChI is InChI=1S/C15H17N3O3/c1-2-20-14(19)15(7-3-4-8-15)13-17-12(18-21-13)11-5-9-16-10-6-11/h5-6,9-10H,2-4,7-8H2,1H3. The number of hydrogen-bond acceptors (Lipinski definition) is 6. The third-order valence-corrected chi connectivity index (χ3v) is 3.90. The molecule has 6 heteroatoms. The molecule has 21 heavy (non-hydrogen) atoms. The van der Waals surface area contributed by atoms with Crippen LogP contribution in [0.25, 0.3) is 11.4 Å². The molecule has 3 rings (SSSR count). The average Bonchev–Trinajstić information content (AvgIpc) is 3.18. The Bertz CT molecular complexity index is 618. The minimum absolute atomic E-state index is 0.257. The molecule has 0 aromatic carbocycles. The minimum atomic E-state index is -0.770. The zero-order valence-electron chi connectivity index (χ0n) is 11.9.